The topological polar surface area (TPSA) is 60.4 Å². The minimum absolute atomic E-state index is 0.152. The van der Waals surface area contributed by atoms with Gasteiger partial charge in [0.15, 0.2) is 15.6 Å². The Morgan fingerprint density at radius 3 is 2.47 bits per heavy atom. The fourth-order valence-electron chi connectivity index (χ4n) is 2.72. The quantitative estimate of drug-likeness (QED) is 0.745. The molecule has 5 heteroatoms. The molecule has 1 unspecified atom stereocenters. The van der Waals surface area contributed by atoms with E-state index >= 15 is 0 Å². The third-order valence-corrected chi connectivity index (χ3v) is 5.42. The van der Waals surface area contributed by atoms with E-state index in [0.29, 0.717) is 19.6 Å². The van der Waals surface area contributed by atoms with Crippen LogP contribution in [0.3, 0.4) is 0 Å². The van der Waals surface area contributed by atoms with Gasteiger partial charge in [0.1, 0.15) is 5.75 Å². The van der Waals surface area contributed by atoms with E-state index < -0.39 is 9.84 Å². The van der Waals surface area contributed by atoms with Crippen LogP contribution >= 0.6 is 0 Å². The van der Waals surface area contributed by atoms with Gasteiger partial charge in [-0.05, 0) is 25.2 Å². The van der Waals surface area contributed by atoms with Crippen molar-refractivity contribution >= 4 is 15.6 Å². The first kappa shape index (κ1) is 13.0. The normalized spacial score (nSPS) is 26.5. The molecule has 1 saturated carbocycles. The van der Waals surface area contributed by atoms with Crippen molar-refractivity contribution in [3.05, 3.63) is 0 Å². The molecule has 0 amide bonds. The van der Waals surface area contributed by atoms with Crippen molar-refractivity contribution in [3.8, 4) is 0 Å². The van der Waals surface area contributed by atoms with Crippen molar-refractivity contribution in [2.75, 3.05) is 24.7 Å². The van der Waals surface area contributed by atoms with Gasteiger partial charge in [-0.2, -0.15) is 0 Å². The molecule has 0 spiro atoms. The first-order valence-electron chi connectivity index (χ1n) is 6.38. The Kier molecular flexibility index (Phi) is 4.20. The van der Waals surface area contributed by atoms with E-state index in [0.717, 1.165) is 25.7 Å². The lowest BCUT2D eigenvalue weighted by Crippen LogP contribution is -2.27. The second-order valence-corrected chi connectivity index (χ2v) is 7.34. The summed E-state index contributed by atoms with van der Waals surface area (Å²) in [6.45, 7) is 0.983. The number of hydrogen-bond acceptors (Lipinski definition) is 4. The van der Waals surface area contributed by atoms with Gasteiger partial charge in [0, 0.05) is 12.5 Å². The predicted octanol–water partition coefficient (Wildman–Crippen LogP) is 1.20. The third kappa shape index (κ3) is 3.78. The molecule has 1 saturated heterocycles. The zero-order valence-corrected chi connectivity index (χ0v) is 10.9. The van der Waals surface area contributed by atoms with Crippen molar-refractivity contribution < 1.29 is 17.9 Å². The van der Waals surface area contributed by atoms with E-state index in [2.05, 4.69) is 0 Å². The van der Waals surface area contributed by atoms with Crippen LogP contribution in [0.1, 0.15) is 32.1 Å². The number of hydrogen-bond donors (Lipinski definition) is 0. The van der Waals surface area contributed by atoms with Gasteiger partial charge in [0.05, 0.1) is 12.4 Å². The second kappa shape index (κ2) is 5.48. The number of ketones is 1. The van der Waals surface area contributed by atoms with Crippen molar-refractivity contribution in [1.29, 1.82) is 0 Å². The number of sulfone groups is 1. The second-order valence-electron chi connectivity index (χ2n) is 5.23. The van der Waals surface area contributed by atoms with Gasteiger partial charge in [-0.25, -0.2) is 8.42 Å². The Hall–Kier alpha value is -0.420. The molecule has 0 aromatic carbocycles. The lowest BCUT2D eigenvalue weighted by Gasteiger charge is -2.11. The highest BCUT2D eigenvalue weighted by atomic mass is 32.2. The standard InChI is InChI=1S/C12H20O4S/c13-12(11-5-6-16-7-11)9-17(14,15)8-10-3-1-2-4-10/h10-11H,1-9H2. The fraction of sp³-hybridized carbons (Fsp3) is 0.917. The summed E-state index contributed by atoms with van der Waals surface area (Å²) >= 11 is 0. The molecule has 1 heterocycles. The Bertz CT molecular complexity index is 362. The van der Waals surface area contributed by atoms with Crippen LogP contribution < -0.4 is 0 Å². The number of ether oxygens (including phenoxy) is 1. The summed E-state index contributed by atoms with van der Waals surface area (Å²) in [6, 6.07) is 0. The molecule has 0 bridgehead atoms. The average molecular weight is 260 g/mol. The van der Waals surface area contributed by atoms with Gasteiger partial charge in [0.2, 0.25) is 0 Å². The molecule has 1 aliphatic heterocycles. The smallest absolute Gasteiger partial charge is 0.157 e. The van der Waals surface area contributed by atoms with Gasteiger partial charge in [-0.3, -0.25) is 4.79 Å². The van der Waals surface area contributed by atoms with Crippen molar-refractivity contribution in [3.63, 3.8) is 0 Å². The highest BCUT2D eigenvalue weighted by Gasteiger charge is 2.29. The molecule has 2 aliphatic rings. The molecule has 4 nitrogen and oxygen atoms in total. The molecule has 1 aliphatic carbocycles. The predicted molar refractivity (Wildman–Crippen MR) is 64.5 cm³/mol. The molecule has 2 rings (SSSR count). The van der Waals surface area contributed by atoms with Crippen LogP contribution in [0, 0.1) is 11.8 Å². The summed E-state index contributed by atoms with van der Waals surface area (Å²) in [7, 11) is -3.21. The highest BCUT2D eigenvalue weighted by Crippen LogP contribution is 2.26. The van der Waals surface area contributed by atoms with E-state index in [-0.39, 0.29) is 29.1 Å². The molecule has 1 atom stereocenters. The molecule has 0 aromatic rings. The molecule has 0 radical (unpaired) electrons. The third-order valence-electron chi connectivity index (χ3n) is 3.71. The van der Waals surface area contributed by atoms with E-state index in [9.17, 15) is 13.2 Å². The molecular weight excluding hydrogens is 240 g/mol. The largest absolute Gasteiger partial charge is 0.381 e. The van der Waals surface area contributed by atoms with Crippen LogP contribution in [-0.2, 0) is 19.4 Å². The van der Waals surface area contributed by atoms with Crippen LogP contribution in [0.25, 0.3) is 0 Å². The highest BCUT2D eigenvalue weighted by molar-refractivity contribution is 7.92. The Morgan fingerprint density at radius 2 is 1.88 bits per heavy atom. The van der Waals surface area contributed by atoms with Crippen LogP contribution in [0.2, 0.25) is 0 Å². The number of carbonyl (C=O) groups excluding carboxylic acids is 1. The van der Waals surface area contributed by atoms with E-state index in [4.69, 9.17) is 4.74 Å². The lowest BCUT2D eigenvalue weighted by molar-refractivity contribution is -0.120. The van der Waals surface area contributed by atoms with Crippen molar-refractivity contribution in [2.45, 2.75) is 32.1 Å². The maximum atomic E-state index is 11.9. The summed E-state index contributed by atoms with van der Waals surface area (Å²) < 4.78 is 28.9. The van der Waals surface area contributed by atoms with Gasteiger partial charge in [-0.15, -0.1) is 0 Å². The van der Waals surface area contributed by atoms with Gasteiger partial charge in [-0.1, -0.05) is 12.8 Å². The molecule has 98 valence electrons. The Morgan fingerprint density at radius 1 is 1.18 bits per heavy atom. The monoisotopic (exact) mass is 260 g/mol. The van der Waals surface area contributed by atoms with Gasteiger partial charge >= 0.3 is 0 Å². The molecule has 0 N–H and O–H groups in total. The summed E-state index contributed by atoms with van der Waals surface area (Å²) in [6.07, 6.45) is 4.94. The van der Waals surface area contributed by atoms with E-state index in [1.807, 2.05) is 0 Å². The maximum absolute atomic E-state index is 11.9. The zero-order chi connectivity index (χ0) is 12.3. The maximum Gasteiger partial charge on any atom is 0.157 e. The number of rotatable bonds is 5. The molecule has 17 heavy (non-hydrogen) atoms. The van der Waals surface area contributed by atoms with Crippen molar-refractivity contribution in [1.82, 2.24) is 0 Å². The van der Waals surface area contributed by atoms with Crippen LogP contribution in [0.5, 0.6) is 0 Å². The van der Waals surface area contributed by atoms with Crippen LogP contribution in [0.15, 0.2) is 0 Å². The summed E-state index contributed by atoms with van der Waals surface area (Å²) in [5.41, 5.74) is 0. The minimum atomic E-state index is -3.21. The van der Waals surface area contributed by atoms with Crippen molar-refractivity contribution in [2.24, 2.45) is 11.8 Å². The fourth-order valence-corrected chi connectivity index (χ4v) is 4.56. The minimum Gasteiger partial charge on any atom is -0.381 e. The Balaban J connectivity index is 1.85. The van der Waals surface area contributed by atoms with Gasteiger partial charge in [0.25, 0.3) is 0 Å². The van der Waals surface area contributed by atoms with E-state index in [1.165, 1.54) is 0 Å². The first-order chi connectivity index (χ1) is 8.07. The molecule has 0 aromatic heterocycles. The van der Waals surface area contributed by atoms with Crippen LogP contribution in [0.4, 0.5) is 0 Å². The van der Waals surface area contributed by atoms with E-state index in [1.54, 1.807) is 0 Å². The lowest BCUT2D eigenvalue weighted by atomic mass is 10.1. The van der Waals surface area contributed by atoms with Crippen LogP contribution in [-0.4, -0.2) is 38.9 Å². The summed E-state index contributed by atoms with van der Waals surface area (Å²) in [5.74, 6) is -0.134. The summed E-state index contributed by atoms with van der Waals surface area (Å²) in [4.78, 5) is 11.8. The first-order valence-corrected chi connectivity index (χ1v) is 8.20. The zero-order valence-electron chi connectivity index (χ0n) is 10.1. The number of carbonyl (C=O) groups is 1. The SMILES string of the molecule is O=C(CS(=O)(=O)CC1CCCC1)C1CCOC1. The van der Waals surface area contributed by atoms with Gasteiger partial charge < -0.3 is 4.74 Å². The summed E-state index contributed by atoms with van der Waals surface area (Å²) in [5, 5.41) is 0. The average Bonchev–Trinajstić information content (AvgIpc) is 2.85. The number of Topliss-reactive ketones (excluding diaryl/α,β-unsaturated/α-hetero) is 1. The molecular formula is C12H20O4S. The molecule has 2 fully saturated rings. The Labute approximate surface area is 103 Å².